The number of aromatic amines is 3. The maximum absolute atomic E-state index is 12.4. The number of carbonyl (C=O) groups is 4. The predicted octanol–water partition coefficient (Wildman–Crippen LogP) is 8.40. The summed E-state index contributed by atoms with van der Waals surface area (Å²) in [7, 11) is 0. The number of hydrogen-bond donors (Lipinski definition) is 11. The fraction of sp³-hybridized carbons (Fsp3) is 0.364. The van der Waals surface area contributed by atoms with Crippen LogP contribution in [0, 0.1) is 20.8 Å². The molecule has 4 aromatic heterocycles. The summed E-state index contributed by atoms with van der Waals surface area (Å²) in [6, 6.07) is 6.83. The minimum atomic E-state index is -1.37. The van der Waals surface area contributed by atoms with Crippen LogP contribution in [0.5, 0.6) is 0 Å². The quantitative estimate of drug-likeness (QED) is 0.0470. The molecule has 0 aromatic carbocycles. The van der Waals surface area contributed by atoms with Gasteiger partial charge in [0.2, 0.25) is 0 Å². The van der Waals surface area contributed by atoms with Crippen molar-refractivity contribution in [1.29, 1.82) is 0 Å². The maximum Gasteiger partial charge on any atom is 0.303 e. The van der Waals surface area contributed by atoms with Crippen LogP contribution in [0.4, 0.5) is 0 Å². The molecule has 85 heavy (non-hydrogen) atoms. The van der Waals surface area contributed by atoms with Gasteiger partial charge in [-0.3, -0.25) is 24.5 Å². The van der Waals surface area contributed by atoms with Gasteiger partial charge in [-0.25, -0.2) is 20.0 Å². The number of nitrogens with one attached hydrogen (secondary N) is 4. The number of H-pyrrole nitrogens is 3. The molecule has 6 aliphatic rings. The molecule has 442 valence electrons. The number of nitrogens with zero attached hydrogens (tertiary/aromatic N) is 4. The van der Waals surface area contributed by atoms with Crippen LogP contribution in [0.25, 0.3) is 56.5 Å². The monoisotopic (exact) mass is 1150 g/mol. The van der Waals surface area contributed by atoms with Gasteiger partial charge in [-0.2, -0.15) is 0 Å². The average molecular weight is 1150 g/mol. The second-order valence-corrected chi connectivity index (χ2v) is 23.2. The fourth-order valence-corrected chi connectivity index (χ4v) is 13.3. The molecule has 5 atom stereocenters. The standard InChI is InChI=1S/C66H72N8O11/c1-28-39(12-16-58(78)79)49-25-50-40(13-17-59(80)81)29(2)45(68-50)22-54-63(37(10)76)33(6)47(71-54)24-56-65(34(7)48(72-56)20-43(28)67-49)66-27-57-31(4)42(15-19-61(84)85)52(73-57)26-51-41(14-18-60(82)83)30(3)44(69-51)21-53-62(36(9)75)32(5)46(70-53)23-55(74-66)64(35(66)8)38(11)77/h20-27,36-38,55,67,69,72,74-77H,12-19H2,1-11H3,(H,78,79)(H,80,81)(H,82,83)(H,84,85). The van der Waals surface area contributed by atoms with E-state index in [2.05, 4.69) is 20.3 Å². The number of fused-ring (bicyclic) bond motifs is 14. The van der Waals surface area contributed by atoms with E-state index in [1.165, 1.54) is 0 Å². The highest BCUT2D eigenvalue weighted by atomic mass is 16.4. The van der Waals surface area contributed by atoms with Crippen molar-refractivity contribution in [3.8, 4) is 0 Å². The van der Waals surface area contributed by atoms with Gasteiger partial charge in [-0.15, -0.1) is 0 Å². The summed E-state index contributed by atoms with van der Waals surface area (Å²) in [5.74, 6) is -3.94. The van der Waals surface area contributed by atoms with Crippen molar-refractivity contribution >= 4 is 91.8 Å². The van der Waals surface area contributed by atoms with E-state index >= 15 is 0 Å². The lowest BCUT2D eigenvalue weighted by atomic mass is 9.80. The highest BCUT2D eigenvalue weighted by molar-refractivity contribution is 6.24. The first-order chi connectivity index (χ1) is 40.2. The van der Waals surface area contributed by atoms with E-state index in [-0.39, 0.29) is 51.4 Å². The summed E-state index contributed by atoms with van der Waals surface area (Å²) in [6.45, 7) is 20.4. The molecular weight excluding hydrogens is 1080 g/mol. The van der Waals surface area contributed by atoms with Gasteiger partial charge in [0.15, 0.2) is 0 Å². The molecule has 0 radical (unpaired) electrons. The fourth-order valence-electron chi connectivity index (χ4n) is 13.3. The first-order valence-corrected chi connectivity index (χ1v) is 28.7. The van der Waals surface area contributed by atoms with Crippen molar-refractivity contribution in [2.45, 2.75) is 157 Å². The predicted molar refractivity (Wildman–Crippen MR) is 328 cm³/mol. The Kier molecular flexibility index (Phi) is 15.9. The van der Waals surface area contributed by atoms with Crippen molar-refractivity contribution in [2.24, 2.45) is 9.98 Å². The lowest BCUT2D eigenvalue weighted by Gasteiger charge is -2.31. The minimum absolute atomic E-state index is 0.112. The van der Waals surface area contributed by atoms with Crippen molar-refractivity contribution in [3.63, 3.8) is 0 Å². The summed E-state index contributed by atoms with van der Waals surface area (Å²) in [5, 5.41) is 80.4. The molecule has 10 rings (SSSR count). The summed E-state index contributed by atoms with van der Waals surface area (Å²) in [5.41, 5.74) is 16.3. The molecule has 0 saturated carbocycles. The molecule has 0 amide bonds. The Hall–Kier alpha value is -8.62. The van der Waals surface area contributed by atoms with Gasteiger partial charge in [-0.05, 0) is 223 Å². The number of aliphatic carboxylic acids is 4. The number of carboxylic acids is 4. The molecule has 0 fully saturated rings. The first kappa shape index (κ1) is 59.5. The number of aliphatic hydroxyl groups excluding tert-OH is 3. The number of allylic oxidation sites excluding steroid dienone is 6. The number of aliphatic imine (C=N–C) groups is 2. The van der Waals surface area contributed by atoms with Gasteiger partial charge < -0.3 is 50.7 Å². The third kappa shape index (κ3) is 10.9. The van der Waals surface area contributed by atoms with Gasteiger partial charge in [0.05, 0.1) is 75.5 Å². The van der Waals surface area contributed by atoms with Crippen LogP contribution in [0.15, 0.2) is 91.2 Å². The molecule has 0 aliphatic carbocycles. The van der Waals surface area contributed by atoms with Crippen molar-refractivity contribution in [2.75, 3.05) is 0 Å². The Morgan fingerprint density at radius 1 is 0.518 bits per heavy atom. The number of rotatable bonds is 16. The molecule has 19 nitrogen and oxygen atoms in total. The minimum Gasteiger partial charge on any atom is -0.481 e. The number of aromatic nitrogens is 5. The number of aryl methyl sites for hydroxylation is 3. The second-order valence-electron chi connectivity index (χ2n) is 23.2. The lowest BCUT2D eigenvalue weighted by molar-refractivity contribution is -0.138. The van der Waals surface area contributed by atoms with Crippen LogP contribution >= 0.6 is 0 Å². The van der Waals surface area contributed by atoms with Crippen LogP contribution in [0.1, 0.15) is 150 Å². The van der Waals surface area contributed by atoms with Gasteiger partial charge in [0.25, 0.3) is 0 Å². The number of aliphatic hydroxyl groups is 3. The molecule has 0 saturated heterocycles. The summed E-state index contributed by atoms with van der Waals surface area (Å²) < 4.78 is 0. The Morgan fingerprint density at radius 2 is 1.07 bits per heavy atom. The van der Waals surface area contributed by atoms with Crippen molar-refractivity contribution in [1.82, 2.24) is 30.2 Å². The topological polar surface area (TPSA) is 320 Å². The Balaban J connectivity index is 1.37. The Labute approximate surface area is 490 Å². The van der Waals surface area contributed by atoms with E-state index in [9.17, 15) is 54.9 Å². The lowest BCUT2D eigenvalue weighted by Crippen LogP contribution is -2.42. The molecule has 5 unspecified atom stereocenters. The largest absolute Gasteiger partial charge is 0.481 e. The van der Waals surface area contributed by atoms with E-state index in [1.807, 2.05) is 97.9 Å². The summed E-state index contributed by atoms with van der Waals surface area (Å²) in [4.78, 5) is 80.6. The van der Waals surface area contributed by atoms with Crippen molar-refractivity contribution < 1.29 is 54.9 Å². The number of hydrogen-bond acceptors (Lipinski definition) is 12. The Bertz CT molecular complexity index is 4250. The number of carboxylic acid groups (broad SMARTS) is 4. The molecule has 11 N–H and O–H groups in total. The van der Waals surface area contributed by atoms with Crippen LogP contribution in [-0.4, -0.2) is 120 Å². The van der Waals surface area contributed by atoms with E-state index in [0.29, 0.717) is 129 Å². The average Bonchev–Trinajstić information content (AvgIpc) is 1.63. The molecular formula is C66H72N8O11. The van der Waals surface area contributed by atoms with Gasteiger partial charge >= 0.3 is 23.9 Å². The van der Waals surface area contributed by atoms with Crippen LogP contribution in [-0.2, 0) is 37.6 Å². The molecule has 16 bridgehead atoms. The zero-order valence-corrected chi connectivity index (χ0v) is 49.6. The molecule has 6 aliphatic heterocycles. The first-order valence-electron chi connectivity index (χ1n) is 28.7. The molecule has 0 spiro atoms. The Morgan fingerprint density at radius 3 is 1.71 bits per heavy atom. The highest BCUT2D eigenvalue weighted by Crippen LogP contribution is 2.49. The van der Waals surface area contributed by atoms with Gasteiger partial charge in [0.1, 0.15) is 0 Å². The van der Waals surface area contributed by atoms with E-state index in [0.717, 1.165) is 39.0 Å². The van der Waals surface area contributed by atoms with Crippen LogP contribution < -0.4 is 16.0 Å². The SMILES string of the molecule is CC1=C(CCC(=O)O)C2=NC1=CC1(c3c(C)c4cc5[nH]c(cc6nc(cc7nc(cc3[nH]4)C(C)=C7C(C)O)C(C)=C6CCC(=O)O)c(CCC(=O)O)c5C)NC(C=C3N=C(C=c4[nH]c(c(CCC(=O)O)c4C)=C2)C(C(C)O)=C3C)C(C(C)O)=C1C. The zero-order chi connectivity index (χ0) is 61.4. The second kappa shape index (κ2) is 22.8. The third-order valence-corrected chi connectivity index (χ3v) is 17.7. The van der Waals surface area contributed by atoms with E-state index < -0.39 is 53.8 Å². The maximum atomic E-state index is 12.4. The molecule has 4 aromatic rings. The van der Waals surface area contributed by atoms with Crippen LogP contribution in [0.3, 0.4) is 0 Å². The van der Waals surface area contributed by atoms with Crippen molar-refractivity contribution in [3.05, 3.63) is 148 Å². The van der Waals surface area contributed by atoms with E-state index in [1.54, 1.807) is 26.8 Å². The van der Waals surface area contributed by atoms with Gasteiger partial charge in [-0.1, -0.05) is 0 Å². The summed E-state index contributed by atoms with van der Waals surface area (Å²) >= 11 is 0. The van der Waals surface area contributed by atoms with Crippen LogP contribution in [0.2, 0.25) is 0 Å². The molecule has 10 heterocycles. The highest BCUT2D eigenvalue weighted by Gasteiger charge is 2.47. The zero-order valence-electron chi connectivity index (χ0n) is 49.6. The van der Waals surface area contributed by atoms with Gasteiger partial charge in [0, 0.05) is 75.2 Å². The summed E-state index contributed by atoms with van der Waals surface area (Å²) in [6.07, 6.45) is 4.62. The van der Waals surface area contributed by atoms with E-state index in [4.69, 9.17) is 20.0 Å². The molecule has 19 heteroatoms. The normalized spacial score (nSPS) is 19.7. The third-order valence-electron chi connectivity index (χ3n) is 17.7. The smallest absolute Gasteiger partial charge is 0.303 e.